The zero-order valence-electron chi connectivity index (χ0n) is 16.2. The summed E-state index contributed by atoms with van der Waals surface area (Å²) in [5.41, 5.74) is 1.01. The second kappa shape index (κ2) is 7.45. The molecule has 0 fully saturated rings. The Morgan fingerprint density at radius 3 is 2.53 bits per heavy atom. The van der Waals surface area contributed by atoms with Crippen LogP contribution in [-0.4, -0.2) is 43.8 Å². The van der Waals surface area contributed by atoms with E-state index in [1.54, 1.807) is 18.2 Å². The average molecular weight is 431 g/mol. The van der Waals surface area contributed by atoms with Crippen molar-refractivity contribution in [3.63, 3.8) is 0 Å². The van der Waals surface area contributed by atoms with Crippen LogP contribution in [0.15, 0.2) is 47.6 Å². The fraction of sp³-hybridized carbons (Fsp3) is 0.200. The first kappa shape index (κ1) is 19.9. The molecule has 0 spiro atoms. The van der Waals surface area contributed by atoms with Gasteiger partial charge in [0, 0.05) is 18.2 Å². The van der Waals surface area contributed by atoms with E-state index in [0.29, 0.717) is 22.7 Å². The molecule has 1 aliphatic heterocycles. The number of sulfone groups is 1. The standard InChI is InChI=1S/C20H18FN3O5S/c1-28-14-7-8-16(29-2)15(11-14)22-19(25)18-17(12-3-5-13(21)6-4-12)23-20-24(18)9-10-30(20,26)27/h3-8,11H,9-10H2,1-2H3,(H,22,25). The number of fused-ring (bicyclic) bond motifs is 1. The average Bonchev–Trinajstić information content (AvgIpc) is 3.26. The largest absolute Gasteiger partial charge is 0.497 e. The van der Waals surface area contributed by atoms with Crippen LogP contribution in [0.3, 0.4) is 0 Å². The number of anilines is 1. The van der Waals surface area contributed by atoms with Gasteiger partial charge in [0.25, 0.3) is 5.91 Å². The number of rotatable bonds is 5. The Balaban J connectivity index is 1.82. The summed E-state index contributed by atoms with van der Waals surface area (Å²) in [4.78, 5) is 17.5. The lowest BCUT2D eigenvalue weighted by Crippen LogP contribution is -2.18. The second-order valence-electron chi connectivity index (χ2n) is 6.59. The van der Waals surface area contributed by atoms with Crippen LogP contribution < -0.4 is 14.8 Å². The van der Waals surface area contributed by atoms with Crippen LogP contribution in [0.25, 0.3) is 11.3 Å². The van der Waals surface area contributed by atoms with Crippen molar-refractivity contribution < 1.29 is 27.1 Å². The molecule has 3 aromatic rings. The Hall–Kier alpha value is -3.40. The van der Waals surface area contributed by atoms with Gasteiger partial charge in [0.15, 0.2) is 0 Å². The van der Waals surface area contributed by atoms with E-state index in [9.17, 15) is 17.6 Å². The van der Waals surface area contributed by atoms with E-state index in [1.165, 1.54) is 43.1 Å². The monoisotopic (exact) mass is 431 g/mol. The smallest absolute Gasteiger partial charge is 0.274 e. The number of carbonyl (C=O) groups excluding carboxylic acids is 1. The highest BCUT2D eigenvalue weighted by atomic mass is 32.2. The number of nitrogens with one attached hydrogen (secondary N) is 1. The number of ether oxygens (including phenoxy) is 2. The van der Waals surface area contributed by atoms with Gasteiger partial charge < -0.3 is 19.4 Å². The molecule has 1 amide bonds. The van der Waals surface area contributed by atoms with Crippen molar-refractivity contribution >= 4 is 21.4 Å². The highest BCUT2D eigenvalue weighted by Crippen LogP contribution is 2.33. The number of halogens is 1. The molecule has 10 heteroatoms. The van der Waals surface area contributed by atoms with Crippen molar-refractivity contribution in [3.05, 3.63) is 54.0 Å². The first-order valence-corrected chi connectivity index (χ1v) is 10.6. The van der Waals surface area contributed by atoms with Gasteiger partial charge >= 0.3 is 0 Å². The fourth-order valence-electron chi connectivity index (χ4n) is 3.31. The van der Waals surface area contributed by atoms with Gasteiger partial charge in [0.05, 0.1) is 25.7 Å². The lowest BCUT2D eigenvalue weighted by molar-refractivity contribution is 0.101. The topological polar surface area (TPSA) is 99.5 Å². The summed E-state index contributed by atoms with van der Waals surface area (Å²) >= 11 is 0. The van der Waals surface area contributed by atoms with Crippen molar-refractivity contribution in [2.24, 2.45) is 0 Å². The third-order valence-corrected chi connectivity index (χ3v) is 6.37. The number of amides is 1. The third-order valence-electron chi connectivity index (χ3n) is 4.78. The lowest BCUT2D eigenvalue weighted by atomic mass is 10.1. The van der Waals surface area contributed by atoms with Crippen LogP contribution in [0.4, 0.5) is 10.1 Å². The molecule has 1 aromatic heterocycles. The van der Waals surface area contributed by atoms with E-state index >= 15 is 0 Å². The molecule has 1 N–H and O–H groups in total. The third kappa shape index (κ3) is 3.39. The zero-order valence-corrected chi connectivity index (χ0v) is 17.0. The van der Waals surface area contributed by atoms with Gasteiger partial charge in [0.1, 0.15) is 28.7 Å². The molecule has 0 aliphatic carbocycles. The summed E-state index contributed by atoms with van der Waals surface area (Å²) in [5.74, 6) is -0.254. The molecule has 0 saturated carbocycles. The Kier molecular flexibility index (Phi) is 4.94. The molecular weight excluding hydrogens is 413 g/mol. The molecule has 30 heavy (non-hydrogen) atoms. The highest BCUT2D eigenvalue weighted by Gasteiger charge is 2.35. The molecule has 0 unspecified atom stereocenters. The van der Waals surface area contributed by atoms with E-state index in [2.05, 4.69) is 10.3 Å². The van der Waals surface area contributed by atoms with Crippen molar-refractivity contribution in [1.82, 2.24) is 9.55 Å². The molecule has 0 radical (unpaired) electrons. The molecule has 4 rings (SSSR count). The van der Waals surface area contributed by atoms with Crippen molar-refractivity contribution in [1.29, 1.82) is 0 Å². The van der Waals surface area contributed by atoms with E-state index in [-0.39, 0.29) is 28.8 Å². The number of carbonyl (C=O) groups is 1. The van der Waals surface area contributed by atoms with Gasteiger partial charge in [-0.3, -0.25) is 4.79 Å². The molecule has 2 aromatic carbocycles. The Morgan fingerprint density at radius 1 is 1.13 bits per heavy atom. The zero-order chi connectivity index (χ0) is 21.5. The molecular formula is C20H18FN3O5S. The predicted molar refractivity (Wildman–Crippen MR) is 107 cm³/mol. The number of methoxy groups -OCH3 is 2. The SMILES string of the molecule is COc1ccc(OC)c(NC(=O)c2c(-c3ccc(F)cc3)nc3n2CCS3(=O)=O)c1. The molecule has 0 saturated heterocycles. The van der Waals surface area contributed by atoms with Gasteiger partial charge in [-0.25, -0.2) is 17.8 Å². The van der Waals surface area contributed by atoms with Crippen LogP contribution in [0.5, 0.6) is 11.5 Å². The number of imidazole rings is 1. The van der Waals surface area contributed by atoms with Gasteiger partial charge in [-0.2, -0.15) is 0 Å². The minimum atomic E-state index is -3.60. The van der Waals surface area contributed by atoms with Gasteiger partial charge in [-0.15, -0.1) is 0 Å². The van der Waals surface area contributed by atoms with Crippen molar-refractivity contribution in [2.75, 3.05) is 25.3 Å². The van der Waals surface area contributed by atoms with Crippen LogP contribution in [0.1, 0.15) is 10.5 Å². The van der Waals surface area contributed by atoms with Gasteiger partial charge in [-0.05, 0) is 36.4 Å². The summed E-state index contributed by atoms with van der Waals surface area (Å²) in [5, 5.41) is 2.57. The molecule has 2 heterocycles. The van der Waals surface area contributed by atoms with Crippen LogP contribution in [-0.2, 0) is 16.4 Å². The quantitative estimate of drug-likeness (QED) is 0.667. The first-order valence-electron chi connectivity index (χ1n) is 8.96. The predicted octanol–water partition coefficient (Wildman–Crippen LogP) is 2.75. The first-order chi connectivity index (χ1) is 14.3. The maximum atomic E-state index is 13.4. The van der Waals surface area contributed by atoms with Crippen molar-refractivity contribution in [3.8, 4) is 22.8 Å². The number of hydrogen-bond acceptors (Lipinski definition) is 6. The number of hydrogen-bond donors (Lipinski definition) is 1. The Bertz CT molecular complexity index is 1240. The minimum absolute atomic E-state index is 0.0718. The van der Waals surface area contributed by atoms with E-state index in [4.69, 9.17) is 9.47 Å². The van der Waals surface area contributed by atoms with Crippen LogP contribution in [0, 0.1) is 5.82 Å². The highest BCUT2D eigenvalue weighted by molar-refractivity contribution is 7.91. The maximum Gasteiger partial charge on any atom is 0.274 e. The normalized spacial score (nSPS) is 14.2. The second-order valence-corrected chi connectivity index (χ2v) is 8.59. The molecule has 156 valence electrons. The maximum absolute atomic E-state index is 13.4. The van der Waals surface area contributed by atoms with Crippen LogP contribution >= 0.6 is 0 Å². The Labute approximate surface area is 172 Å². The number of nitrogens with zero attached hydrogens (tertiary/aromatic N) is 2. The van der Waals surface area contributed by atoms with Crippen molar-refractivity contribution in [2.45, 2.75) is 11.7 Å². The lowest BCUT2D eigenvalue weighted by Gasteiger charge is -2.13. The fourth-order valence-corrected chi connectivity index (χ4v) is 4.67. The number of aromatic nitrogens is 2. The minimum Gasteiger partial charge on any atom is -0.497 e. The molecule has 8 nitrogen and oxygen atoms in total. The van der Waals surface area contributed by atoms with Crippen LogP contribution in [0.2, 0.25) is 0 Å². The summed E-state index contributed by atoms with van der Waals surface area (Å²) in [6.07, 6.45) is 0. The van der Waals surface area contributed by atoms with E-state index < -0.39 is 21.6 Å². The summed E-state index contributed by atoms with van der Waals surface area (Å²) in [6, 6.07) is 10.3. The summed E-state index contributed by atoms with van der Waals surface area (Å²) in [6.45, 7) is 0.101. The molecule has 1 aliphatic rings. The van der Waals surface area contributed by atoms with Gasteiger partial charge in [0.2, 0.25) is 15.0 Å². The van der Waals surface area contributed by atoms with E-state index in [1.807, 2.05) is 0 Å². The van der Waals surface area contributed by atoms with Gasteiger partial charge in [-0.1, -0.05) is 0 Å². The summed E-state index contributed by atoms with van der Waals surface area (Å²) in [7, 11) is -0.643. The molecule has 0 bridgehead atoms. The Morgan fingerprint density at radius 2 is 1.87 bits per heavy atom. The van der Waals surface area contributed by atoms with E-state index in [0.717, 1.165) is 0 Å². The molecule has 0 atom stereocenters. The number of benzene rings is 2. The summed E-state index contributed by atoms with van der Waals surface area (Å²) < 4.78 is 49.9.